The Hall–Kier alpha value is -2.41. The lowest BCUT2D eigenvalue weighted by Crippen LogP contribution is -2.34. The molecule has 7 heteroatoms. The van der Waals surface area contributed by atoms with Crippen LogP contribution in [0.3, 0.4) is 0 Å². The van der Waals surface area contributed by atoms with E-state index in [1.54, 1.807) is 0 Å². The molecule has 0 aliphatic heterocycles. The van der Waals surface area contributed by atoms with Gasteiger partial charge in [0.25, 0.3) is 0 Å². The van der Waals surface area contributed by atoms with Gasteiger partial charge in [-0.1, -0.05) is 0 Å². The summed E-state index contributed by atoms with van der Waals surface area (Å²) in [5.41, 5.74) is 0. The highest BCUT2D eigenvalue weighted by atomic mass is 15.3. The van der Waals surface area contributed by atoms with Crippen LogP contribution in [0.5, 0.6) is 0 Å². The van der Waals surface area contributed by atoms with E-state index in [4.69, 9.17) is 0 Å². The maximum Gasteiger partial charge on any atom is 0.0536 e. The van der Waals surface area contributed by atoms with Gasteiger partial charge >= 0.3 is 0 Å². The van der Waals surface area contributed by atoms with Gasteiger partial charge in [0.15, 0.2) is 0 Å². The maximum absolute atomic E-state index is 4.26. The molecule has 0 bridgehead atoms. The molecule has 0 saturated carbocycles. The van der Waals surface area contributed by atoms with Gasteiger partial charge in [-0.3, -0.25) is 18.9 Å². The van der Waals surface area contributed by atoms with E-state index in [0.29, 0.717) is 0 Å². The molecule has 22 heavy (non-hydrogen) atoms. The Balaban J connectivity index is 1.51. The summed E-state index contributed by atoms with van der Waals surface area (Å²) in [5, 5.41) is 12.8. The Kier molecular flexibility index (Phi) is 4.99. The van der Waals surface area contributed by atoms with E-state index in [1.807, 2.05) is 69.4 Å². The minimum absolute atomic E-state index is 0.894. The average molecular weight is 299 g/mol. The molecule has 0 spiro atoms. The second-order valence-electron chi connectivity index (χ2n) is 5.15. The van der Waals surface area contributed by atoms with Gasteiger partial charge in [0.2, 0.25) is 0 Å². The summed E-state index contributed by atoms with van der Waals surface area (Å²) in [5.74, 6) is 0. The van der Waals surface area contributed by atoms with Crippen molar-refractivity contribution in [2.45, 2.75) is 19.6 Å². The molecular formula is C15H21N7. The van der Waals surface area contributed by atoms with Crippen LogP contribution in [0.25, 0.3) is 0 Å². The number of nitrogens with zero attached hydrogens (tertiary/aromatic N) is 7. The van der Waals surface area contributed by atoms with Crippen LogP contribution in [0.4, 0.5) is 0 Å². The van der Waals surface area contributed by atoms with Gasteiger partial charge < -0.3 is 0 Å². The van der Waals surface area contributed by atoms with Gasteiger partial charge in [0.05, 0.1) is 19.6 Å². The predicted octanol–water partition coefficient (Wildman–Crippen LogP) is 0.978. The van der Waals surface area contributed by atoms with Crippen molar-refractivity contribution in [2.75, 3.05) is 19.6 Å². The average Bonchev–Trinajstić information content (AvgIpc) is 3.29. The van der Waals surface area contributed by atoms with Crippen LogP contribution in [0.15, 0.2) is 55.4 Å². The van der Waals surface area contributed by atoms with E-state index in [9.17, 15) is 0 Å². The monoisotopic (exact) mass is 299 g/mol. The second-order valence-corrected chi connectivity index (χ2v) is 5.15. The largest absolute Gasteiger partial charge is 0.298 e. The number of hydrogen-bond acceptors (Lipinski definition) is 4. The topological polar surface area (TPSA) is 56.7 Å². The molecule has 7 nitrogen and oxygen atoms in total. The Bertz CT molecular complexity index is 522. The molecule has 0 saturated heterocycles. The van der Waals surface area contributed by atoms with E-state index in [1.165, 1.54) is 0 Å². The lowest BCUT2D eigenvalue weighted by Gasteiger charge is -2.22. The highest BCUT2D eigenvalue weighted by molar-refractivity contribution is 4.80. The molecule has 0 unspecified atom stereocenters. The molecule has 0 atom stereocenters. The Morgan fingerprint density at radius 1 is 0.591 bits per heavy atom. The van der Waals surface area contributed by atoms with Gasteiger partial charge in [0.1, 0.15) is 0 Å². The predicted molar refractivity (Wildman–Crippen MR) is 83.1 cm³/mol. The lowest BCUT2D eigenvalue weighted by atomic mass is 10.4. The fraction of sp³-hybridized carbons (Fsp3) is 0.400. The van der Waals surface area contributed by atoms with Crippen molar-refractivity contribution in [3.63, 3.8) is 0 Å². The summed E-state index contributed by atoms with van der Waals surface area (Å²) in [4.78, 5) is 2.42. The van der Waals surface area contributed by atoms with Crippen LogP contribution in [-0.4, -0.2) is 53.9 Å². The zero-order valence-electron chi connectivity index (χ0n) is 12.6. The van der Waals surface area contributed by atoms with Crippen molar-refractivity contribution < 1.29 is 0 Å². The van der Waals surface area contributed by atoms with E-state index in [2.05, 4.69) is 20.2 Å². The zero-order chi connectivity index (χ0) is 15.0. The molecule has 3 heterocycles. The first-order valence-corrected chi connectivity index (χ1v) is 7.55. The van der Waals surface area contributed by atoms with Gasteiger partial charge in [0, 0.05) is 56.8 Å². The third kappa shape index (κ3) is 4.29. The number of hydrogen-bond donors (Lipinski definition) is 0. The highest BCUT2D eigenvalue weighted by Crippen LogP contribution is 1.96. The molecule has 116 valence electrons. The molecule has 0 N–H and O–H groups in total. The van der Waals surface area contributed by atoms with Crippen molar-refractivity contribution in [2.24, 2.45) is 0 Å². The van der Waals surface area contributed by atoms with Gasteiger partial charge in [-0.2, -0.15) is 15.3 Å². The normalized spacial score (nSPS) is 11.3. The van der Waals surface area contributed by atoms with Crippen molar-refractivity contribution >= 4 is 0 Å². The summed E-state index contributed by atoms with van der Waals surface area (Å²) >= 11 is 0. The summed E-state index contributed by atoms with van der Waals surface area (Å²) in [6.07, 6.45) is 11.4. The Labute approximate surface area is 129 Å². The summed E-state index contributed by atoms with van der Waals surface area (Å²) in [6, 6.07) is 5.87. The molecular weight excluding hydrogens is 278 g/mol. The molecule has 0 aromatic carbocycles. The summed E-state index contributed by atoms with van der Waals surface area (Å²) in [6.45, 7) is 5.57. The molecule has 3 aromatic rings. The molecule has 3 rings (SSSR count). The van der Waals surface area contributed by atoms with Gasteiger partial charge in [-0.25, -0.2) is 0 Å². The van der Waals surface area contributed by atoms with E-state index < -0.39 is 0 Å². The Morgan fingerprint density at radius 2 is 0.955 bits per heavy atom. The summed E-state index contributed by atoms with van der Waals surface area (Å²) in [7, 11) is 0. The van der Waals surface area contributed by atoms with Crippen LogP contribution in [-0.2, 0) is 19.6 Å². The SMILES string of the molecule is c1cnn(CCN(CCn2cccn2)CCn2cccn2)c1. The van der Waals surface area contributed by atoms with Crippen LogP contribution < -0.4 is 0 Å². The minimum Gasteiger partial charge on any atom is -0.298 e. The molecule has 3 aromatic heterocycles. The standard InChI is InChI=1S/C15H21N7/c1-4-16-20(7-1)13-10-19(11-14-21-8-2-5-17-21)12-15-22-9-3-6-18-22/h1-9H,10-15H2. The minimum atomic E-state index is 0.894. The third-order valence-electron chi connectivity index (χ3n) is 3.61. The molecule has 0 fully saturated rings. The quantitative estimate of drug-likeness (QED) is 0.591. The van der Waals surface area contributed by atoms with E-state index in [-0.39, 0.29) is 0 Å². The first-order chi connectivity index (χ1) is 10.9. The van der Waals surface area contributed by atoms with Crippen LogP contribution in [0.1, 0.15) is 0 Å². The molecule has 0 radical (unpaired) electrons. The first kappa shape index (κ1) is 14.5. The first-order valence-electron chi connectivity index (χ1n) is 7.55. The third-order valence-corrected chi connectivity index (χ3v) is 3.61. The maximum atomic E-state index is 4.26. The molecule has 0 aliphatic rings. The van der Waals surface area contributed by atoms with Crippen LogP contribution >= 0.6 is 0 Å². The van der Waals surface area contributed by atoms with Crippen molar-refractivity contribution in [3.05, 3.63) is 55.4 Å². The second kappa shape index (κ2) is 7.56. The lowest BCUT2D eigenvalue weighted by molar-refractivity contribution is 0.233. The fourth-order valence-corrected chi connectivity index (χ4v) is 2.37. The highest BCUT2D eigenvalue weighted by Gasteiger charge is 2.06. The molecule has 0 amide bonds. The van der Waals surface area contributed by atoms with E-state index >= 15 is 0 Å². The summed E-state index contributed by atoms with van der Waals surface area (Å²) < 4.78 is 5.90. The molecule has 0 aliphatic carbocycles. The van der Waals surface area contributed by atoms with E-state index in [0.717, 1.165) is 39.3 Å². The number of rotatable bonds is 9. The van der Waals surface area contributed by atoms with Crippen LogP contribution in [0.2, 0.25) is 0 Å². The smallest absolute Gasteiger partial charge is 0.0536 e. The van der Waals surface area contributed by atoms with Crippen molar-refractivity contribution in [1.29, 1.82) is 0 Å². The fourth-order valence-electron chi connectivity index (χ4n) is 2.37. The van der Waals surface area contributed by atoms with Gasteiger partial charge in [-0.05, 0) is 18.2 Å². The zero-order valence-corrected chi connectivity index (χ0v) is 12.6. The van der Waals surface area contributed by atoms with Gasteiger partial charge in [-0.15, -0.1) is 0 Å². The van der Waals surface area contributed by atoms with Crippen molar-refractivity contribution in [3.8, 4) is 0 Å². The van der Waals surface area contributed by atoms with Crippen molar-refractivity contribution in [1.82, 2.24) is 34.2 Å². The number of aromatic nitrogens is 6. The van der Waals surface area contributed by atoms with Crippen LogP contribution in [0, 0.1) is 0 Å². The Morgan fingerprint density at radius 3 is 1.23 bits per heavy atom.